The molecule has 180 valence electrons. The smallest absolute Gasteiger partial charge is 0.426 e. The molecule has 0 aromatic heterocycles. The molecule has 2 atom stereocenters. The summed E-state index contributed by atoms with van der Waals surface area (Å²) in [4.78, 5) is 13.7. The van der Waals surface area contributed by atoms with Crippen LogP contribution in [-0.2, 0) is 14.6 Å². The highest BCUT2D eigenvalue weighted by molar-refractivity contribution is 7.90. The number of amides is 1. The van der Waals surface area contributed by atoms with E-state index in [0.717, 1.165) is 24.0 Å². The molecule has 0 saturated carbocycles. The molecule has 6 nitrogen and oxygen atoms in total. The molecule has 1 amide bonds. The predicted octanol–water partition coefficient (Wildman–Crippen LogP) is 4.59. The predicted molar refractivity (Wildman–Crippen MR) is 114 cm³/mol. The van der Waals surface area contributed by atoms with Gasteiger partial charge in [0.25, 0.3) is 0 Å². The number of benzene rings is 2. The van der Waals surface area contributed by atoms with Crippen LogP contribution in [0.5, 0.6) is 0 Å². The zero-order chi connectivity index (χ0) is 24.2. The third kappa shape index (κ3) is 7.16. The lowest BCUT2D eigenvalue weighted by Crippen LogP contribution is -2.47. The van der Waals surface area contributed by atoms with Crippen molar-refractivity contribution >= 4 is 21.6 Å². The summed E-state index contributed by atoms with van der Waals surface area (Å²) in [6.07, 6.45) is -6.03. The van der Waals surface area contributed by atoms with Crippen LogP contribution in [-0.4, -0.2) is 57.6 Å². The van der Waals surface area contributed by atoms with Gasteiger partial charge in [-0.2, -0.15) is 13.2 Å². The van der Waals surface area contributed by atoms with Gasteiger partial charge in [0.05, 0.1) is 4.90 Å². The SMILES string of the molecule is CS(=O)(=O)c1cccc([C@@H]2CCCN(CC(OC(=O)Nc3ccc(F)cc3)C(F)(F)F)C2)c1. The van der Waals surface area contributed by atoms with Crippen LogP contribution >= 0.6 is 0 Å². The first-order valence-electron chi connectivity index (χ1n) is 10.2. The number of nitrogens with zero attached hydrogens (tertiary/aromatic N) is 1. The molecular weight excluding hydrogens is 464 g/mol. The van der Waals surface area contributed by atoms with Crippen molar-refractivity contribution in [1.82, 2.24) is 4.90 Å². The lowest BCUT2D eigenvalue weighted by molar-refractivity contribution is -0.207. The summed E-state index contributed by atoms with van der Waals surface area (Å²) in [5.41, 5.74) is 0.840. The summed E-state index contributed by atoms with van der Waals surface area (Å²) in [6.45, 7) is 0.100. The van der Waals surface area contributed by atoms with Crippen molar-refractivity contribution in [3.63, 3.8) is 0 Å². The number of sulfone groups is 1. The van der Waals surface area contributed by atoms with Gasteiger partial charge in [-0.15, -0.1) is 0 Å². The Labute approximate surface area is 189 Å². The third-order valence-corrected chi connectivity index (χ3v) is 6.50. The first-order chi connectivity index (χ1) is 15.4. The van der Waals surface area contributed by atoms with E-state index in [9.17, 15) is 30.8 Å². The number of anilines is 1. The lowest BCUT2D eigenvalue weighted by Gasteiger charge is -2.35. The normalized spacial score (nSPS) is 18.5. The monoisotopic (exact) mass is 488 g/mol. The lowest BCUT2D eigenvalue weighted by atomic mass is 9.90. The molecule has 1 saturated heterocycles. The van der Waals surface area contributed by atoms with Crippen LogP contribution in [0, 0.1) is 5.82 Å². The van der Waals surface area contributed by atoms with Crippen LogP contribution in [0.15, 0.2) is 53.4 Å². The Morgan fingerprint density at radius 1 is 1.21 bits per heavy atom. The molecule has 1 N–H and O–H groups in total. The first kappa shape index (κ1) is 25.0. The van der Waals surface area contributed by atoms with E-state index in [0.29, 0.717) is 19.4 Å². The van der Waals surface area contributed by atoms with Crippen LogP contribution in [0.4, 0.5) is 28.0 Å². The number of piperidine rings is 1. The summed E-state index contributed by atoms with van der Waals surface area (Å²) >= 11 is 0. The Morgan fingerprint density at radius 3 is 2.55 bits per heavy atom. The van der Waals surface area contributed by atoms with Crippen LogP contribution < -0.4 is 5.32 Å². The van der Waals surface area contributed by atoms with E-state index >= 15 is 0 Å². The Hall–Kier alpha value is -2.66. The highest BCUT2D eigenvalue weighted by atomic mass is 32.2. The van der Waals surface area contributed by atoms with E-state index in [1.54, 1.807) is 23.1 Å². The molecule has 2 aromatic rings. The Bertz CT molecular complexity index is 1070. The summed E-state index contributed by atoms with van der Waals surface area (Å²) < 4.78 is 82.0. The molecule has 0 bridgehead atoms. The van der Waals surface area contributed by atoms with E-state index in [2.05, 4.69) is 10.1 Å². The fourth-order valence-corrected chi connectivity index (χ4v) is 4.42. The van der Waals surface area contributed by atoms with Crippen molar-refractivity contribution in [3.8, 4) is 0 Å². The topological polar surface area (TPSA) is 75.7 Å². The molecule has 1 fully saturated rings. The first-order valence-corrected chi connectivity index (χ1v) is 12.1. The molecule has 2 aromatic carbocycles. The molecule has 0 spiro atoms. The minimum atomic E-state index is -4.79. The number of nitrogens with one attached hydrogen (secondary N) is 1. The maximum absolute atomic E-state index is 13.6. The van der Waals surface area contributed by atoms with Crippen molar-refractivity contribution in [3.05, 3.63) is 59.9 Å². The minimum Gasteiger partial charge on any atom is -0.435 e. The van der Waals surface area contributed by atoms with Gasteiger partial charge in [0, 0.05) is 25.0 Å². The van der Waals surface area contributed by atoms with Gasteiger partial charge >= 0.3 is 12.3 Å². The molecular formula is C22H24F4N2O4S. The number of carbonyl (C=O) groups is 1. The van der Waals surface area contributed by atoms with Crippen molar-refractivity contribution in [1.29, 1.82) is 0 Å². The molecule has 1 aliphatic heterocycles. The fourth-order valence-electron chi connectivity index (χ4n) is 3.74. The average molecular weight is 489 g/mol. The number of carbonyl (C=O) groups excluding carboxylic acids is 1. The van der Waals surface area contributed by atoms with Gasteiger partial charge in [-0.05, 0) is 67.3 Å². The van der Waals surface area contributed by atoms with Gasteiger partial charge in [0.1, 0.15) is 5.82 Å². The van der Waals surface area contributed by atoms with Crippen LogP contribution in [0.25, 0.3) is 0 Å². The fraction of sp³-hybridized carbons (Fsp3) is 0.409. The van der Waals surface area contributed by atoms with Crippen molar-refractivity contribution in [2.75, 3.05) is 31.2 Å². The van der Waals surface area contributed by atoms with Crippen LogP contribution in [0.1, 0.15) is 24.3 Å². The van der Waals surface area contributed by atoms with E-state index in [-0.39, 0.29) is 23.0 Å². The molecule has 33 heavy (non-hydrogen) atoms. The Morgan fingerprint density at radius 2 is 1.91 bits per heavy atom. The van der Waals surface area contributed by atoms with E-state index in [4.69, 9.17) is 0 Å². The number of ether oxygens (including phenoxy) is 1. The largest absolute Gasteiger partial charge is 0.435 e. The number of hydrogen-bond donors (Lipinski definition) is 1. The molecule has 1 unspecified atom stereocenters. The number of halogens is 4. The second kappa shape index (κ2) is 10.1. The number of hydrogen-bond acceptors (Lipinski definition) is 5. The summed E-state index contributed by atoms with van der Waals surface area (Å²) in [6, 6.07) is 10.9. The molecule has 1 aliphatic rings. The average Bonchev–Trinajstić information content (AvgIpc) is 2.74. The van der Waals surface area contributed by atoms with Gasteiger partial charge in [-0.1, -0.05) is 12.1 Å². The second-order valence-electron chi connectivity index (χ2n) is 8.01. The van der Waals surface area contributed by atoms with Crippen molar-refractivity contribution in [2.45, 2.75) is 35.9 Å². The highest BCUT2D eigenvalue weighted by Gasteiger charge is 2.44. The molecule has 3 rings (SSSR count). The van der Waals surface area contributed by atoms with Gasteiger partial charge in [-0.3, -0.25) is 10.2 Å². The zero-order valence-corrected chi connectivity index (χ0v) is 18.6. The van der Waals surface area contributed by atoms with Crippen LogP contribution in [0.2, 0.25) is 0 Å². The number of likely N-dealkylation sites (tertiary alicyclic amines) is 1. The number of alkyl halides is 3. The molecule has 1 heterocycles. The van der Waals surface area contributed by atoms with Crippen molar-refractivity contribution < 1.29 is 35.5 Å². The molecule has 11 heteroatoms. The third-order valence-electron chi connectivity index (χ3n) is 5.39. The van der Waals surface area contributed by atoms with Gasteiger partial charge in [0.15, 0.2) is 9.84 Å². The maximum Gasteiger partial charge on any atom is 0.426 e. The van der Waals surface area contributed by atoms with Gasteiger partial charge in [-0.25, -0.2) is 17.6 Å². The van der Waals surface area contributed by atoms with Gasteiger partial charge < -0.3 is 4.74 Å². The quantitative estimate of drug-likeness (QED) is 0.602. The highest BCUT2D eigenvalue weighted by Crippen LogP contribution is 2.31. The Balaban J connectivity index is 1.66. The Kier molecular flexibility index (Phi) is 7.63. The summed E-state index contributed by atoms with van der Waals surface area (Å²) in [5, 5.41) is 2.16. The summed E-state index contributed by atoms with van der Waals surface area (Å²) in [7, 11) is -3.41. The van der Waals surface area contributed by atoms with Crippen LogP contribution in [0.3, 0.4) is 0 Å². The minimum absolute atomic E-state index is 0.103. The standard InChI is InChI=1S/C22H24F4N2O4S/c1-33(30,31)19-6-2-4-15(12-19)16-5-3-11-28(13-16)14-20(22(24,25)26)32-21(29)27-18-9-7-17(23)8-10-18/h2,4,6-10,12,16,20H,3,5,11,13-14H2,1H3,(H,27,29)/t16-,20?/m1/s1. The maximum atomic E-state index is 13.6. The zero-order valence-electron chi connectivity index (χ0n) is 17.8. The van der Waals surface area contributed by atoms with E-state index < -0.39 is 40.6 Å². The van der Waals surface area contributed by atoms with E-state index in [1.165, 1.54) is 18.2 Å². The van der Waals surface area contributed by atoms with E-state index in [1.807, 2.05) is 0 Å². The van der Waals surface area contributed by atoms with Crippen molar-refractivity contribution in [2.24, 2.45) is 0 Å². The molecule has 0 radical (unpaired) electrons. The molecule has 0 aliphatic carbocycles. The second-order valence-corrected chi connectivity index (χ2v) is 10.0. The van der Waals surface area contributed by atoms with Gasteiger partial charge in [0.2, 0.25) is 6.10 Å². The summed E-state index contributed by atoms with van der Waals surface area (Å²) in [5.74, 6) is -0.703. The number of rotatable bonds is 6.